The number of rotatable bonds is 11. The number of nitrogens with one attached hydrogen (secondary N) is 1. The van der Waals surface area contributed by atoms with Crippen LogP contribution in [0.4, 0.5) is 5.82 Å². The fourth-order valence-corrected chi connectivity index (χ4v) is 4.53. The van der Waals surface area contributed by atoms with Crippen molar-refractivity contribution >= 4 is 15.8 Å². The fourth-order valence-electron chi connectivity index (χ4n) is 3.57. The number of sulfonamides is 1. The Labute approximate surface area is 244 Å². The van der Waals surface area contributed by atoms with E-state index in [1.54, 1.807) is 12.3 Å². The van der Waals surface area contributed by atoms with Gasteiger partial charge in [0.1, 0.15) is 6.33 Å². The van der Waals surface area contributed by atoms with Crippen molar-refractivity contribution in [2.24, 2.45) is 0 Å². The number of hydrogen-bond donors (Lipinski definition) is 1. The van der Waals surface area contributed by atoms with Crippen LogP contribution in [0.1, 0.15) is 30.9 Å². The lowest BCUT2D eigenvalue weighted by atomic mass is 10.1. The van der Waals surface area contributed by atoms with Crippen LogP contribution in [0.3, 0.4) is 0 Å². The van der Waals surface area contributed by atoms with E-state index in [9.17, 15) is 8.42 Å². The molecule has 3 aromatic heterocycles. The Bertz CT molecular complexity index is 1660. The minimum absolute atomic E-state index is 0.0259. The van der Waals surface area contributed by atoms with E-state index in [0.29, 0.717) is 11.1 Å². The quantitative estimate of drug-likeness (QED) is 0.252. The van der Waals surface area contributed by atoms with Gasteiger partial charge in [0.2, 0.25) is 17.6 Å². The van der Waals surface area contributed by atoms with Gasteiger partial charge in [-0.2, -0.15) is 18.4 Å². The average Bonchev–Trinajstić information content (AvgIpc) is 2.99. The van der Waals surface area contributed by atoms with Gasteiger partial charge in [-0.1, -0.05) is 61.6 Å². The molecular weight excluding hydrogens is 560 g/mol. The molecule has 12 nitrogen and oxygen atoms in total. The third-order valence-corrected chi connectivity index (χ3v) is 7.10. The molecule has 0 bridgehead atoms. The van der Waals surface area contributed by atoms with Crippen molar-refractivity contribution in [2.45, 2.75) is 31.7 Å². The van der Waals surface area contributed by atoms with Gasteiger partial charge in [0.15, 0.2) is 24.1 Å². The van der Waals surface area contributed by atoms with Crippen LogP contribution in [0.5, 0.6) is 23.7 Å². The first kappa shape index (κ1) is 30.0. The predicted octanol–water partition coefficient (Wildman–Crippen LogP) is 4.04. The van der Waals surface area contributed by atoms with Crippen molar-refractivity contribution < 1.29 is 27.4 Å². The first-order valence-corrected chi connectivity index (χ1v) is 14.3. The van der Waals surface area contributed by atoms with Crippen LogP contribution in [0.2, 0.25) is 0 Å². The maximum Gasteiger partial charge on any atom is 0.324 e. The highest BCUT2D eigenvalue weighted by Crippen LogP contribution is 2.35. The number of hydrogen-bond acceptors (Lipinski definition) is 11. The van der Waals surface area contributed by atoms with Crippen LogP contribution < -0.4 is 23.7 Å². The molecule has 0 radical (unpaired) electrons. The molecule has 0 amide bonds. The first-order valence-electron chi connectivity index (χ1n) is 12.8. The van der Waals surface area contributed by atoms with Gasteiger partial charge < -0.3 is 18.9 Å². The molecule has 13 heteroatoms. The Morgan fingerprint density at radius 1 is 0.881 bits per heavy atom. The summed E-state index contributed by atoms with van der Waals surface area (Å²) in [5.74, 6) is 6.62. The summed E-state index contributed by atoms with van der Waals surface area (Å²) in [4.78, 5) is 20.8. The van der Waals surface area contributed by atoms with Crippen LogP contribution in [-0.4, -0.2) is 60.8 Å². The van der Waals surface area contributed by atoms with Crippen molar-refractivity contribution in [3.63, 3.8) is 0 Å². The van der Waals surface area contributed by atoms with E-state index in [1.807, 2.05) is 45.0 Å². The van der Waals surface area contributed by atoms with Gasteiger partial charge in [0, 0.05) is 6.20 Å². The maximum absolute atomic E-state index is 13.2. The number of anilines is 1. The third-order valence-electron chi connectivity index (χ3n) is 5.84. The molecule has 0 unspecified atom stereocenters. The molecular formula is C29H30N6O6S. The van der Waals surface area contributed by atoms with Crippen LogP contribution in [0.25, 0.3) is 11.1 Å². The molecule has 4 rings (SSSR count). The average molecular weight is 591 g/mol. The summed E-state index contributed by atoms with van der Waals surface area (Å²) in [6.45, 7) is 5.87. The van der Waals surface area contributed by atoms with Gasteiger partial charge in [0.05, 0.1) is 25.8 Å². The van der Waals surface area contributed by atoms with Crippen molar-refractivity contribution in [1.29, 1.82) is 0 Å². The zero-order valence-electron chi connectivity index (χ0n) is 23.8. The Balaban J connectivity index is 1.53. The molecule has 0 aliphatic heterocycles. The molecule has 42 heavy (non-hydrogen) atoms. The second-order valence-corrected chi connectivity index (χ2v) is 10.8. The fraction of sp³-hybridized carbons (Fsp3) is 0.276. The van der Waals surface area contributed by atoms with Gasteiger partial charge in [-0.25, -0.2) is 15.0 Å². The summed E-state index contributed by atoms with van der Waals surface area (Å²) >= 11 is 0. The Kier molecular flexibility index (Phi) is 9.72. The summed E-state index contributed by atoms with van der Waals surface area (Å²) < 4.78 is 50.5. The van der Waals surface area contributed by atoms with E-state index in [0.717, 1.165) is 11.1 Å². The smallest absolute Gasteiger partial charge is 0.324 e. The first-order chi connectivity index (χ1) is 20.2. The summed E-state index contributed by atoms with van der Waals surface area (Å²) in [6, 6.07) is 12.2. The zero-order chi connectivity index (χ0) is 30.1. The molecule has 0 atom stereocenters. The highest BCUT2D eigenvalue weighted by Gasteiger charge is 2.22. The Morgan fingerprint density at radius 3 is 2.14 bits per heavy atom. The van der Waals surface area contributed by atoms with Crippen LogP contribution in [0, 0.1) is 18.8 Å². The van der Waals surface area contributed by atoms with Gasteiger partial charge in [0.25, 0.3) is 10.0 Å². The Morgan fingerprint density at radius 2 is 1.55 bits per heavy atom. The number of pyridine rings is 1. The summed E-state index contributed by atoms with van der Waals surface area (Å²) in [5, 5.41) is -0.133. The molecule has 218 valence electrons. The van der Waals surface area contributed by atoms with E-state index in [-0.39, 0.29) is 53.6 Å². The highest BCUT2D eigenvalue weighted by atomic mass is 32.2. The number of methoxy groups -OCH3 is 2. The molecule has 1 aromatic carbocycles. The highest BCUT2D eigenvalue weighted by molar-refractivity contribution is 7.92. The molecule has 0 saturated carbocycles. The van der Waals surface area contributed by atoms with Gasteiger partial charge >= 0.3 is 6.01 Å². The third kappa shape index (κ3) is 7.61. The lowest BCUT2D eigenvalue weighted by Gasteiger charge is -2.15. The molecule has 0 aliphatic carbocycles. The second-order valence-electron chi connectivity index (χ2n) is 9.12. The summed E-state index contributed by atoms with van der Waals surface area (Å²) in [7, 11) is -1.12. The van der Waals surface area contributed by atoms with E-state index in [4.69, 9.17) is 18.9 Å². The van der Waals surface area contributed by atoms with Gasteiger partial charge in [-0.15, -0.1) is 0 Å². The predicted molar refractivity (Wildman–Crippen MR) is 155 cm³/mol. The van der Waals surface area contributed by atoms with Crippen LogP contribution in [-0.2, 0) is 10.0 Å². The van der Waals surface area contributed by atoms with Crippen molar-refractivity contribution in [1.82, 2.24) is 24.9 Å². The summed E-state index contributed by atoms with van der Waals surface area (Å²) in [6.07, 6.45) is 2.76. The van der Waals surface area contributed by atoms with E-state index >= 15 is 0 Å². The normalized spacial score (nSPS) is 10.9. The SMILES string of the molecule is COc1cc(OC)nc(OCC#CCOc2ncnc(NS(=O)(=O)c3ccc(C(C)C)cn3)c2-c2ccc(C)cc2)n1. The monoisotopic (exact) mass is 590 g/mol. The molecule has 0 saturated heterocycles. The standard InChI is InChI=1S/C29H30N6O6S/c1-19(2)22-12-13-25(30-17-22)42(36,37)35-27-26(21-10-8-20(3)9-11-21)28(32-18-31-27)40-14-6-7-15-41-29-33-23(38-4)16-24(34-29)39-5/h8-13,16-19H,14-15H2,1-5H3,(H,31,32,35). The number of aryl methyl sites for hydroxylation is 1. The van der Waals surface area contributed by atoms with Crippen molar-refractivity contribution in [3.05, 3.63) is 66.1 Å². The summed E-state index contributed by atoms with van der Waals surface area (Å²) in [5.41, 5.74) is 2.96. The van der Waals surface area contributed by atoms with Gasteiger partial charge in [-0.05, 0) is 30.0 Å². The van der Waals surface area contributed by atoms with E-state index in [2.05, 4.69) is 41.5 Å². The topological polar surface area (TPSA) is 148 Å². The minimum Gasteiger partial charge on any atom is -0.481 e. The lowest BCUT2D eigenvalue weighted by molar-refractivity contribution is 0.308. The van der Waals surface area contributed by atoms with Crippen LogP contribution in [0.15, 0.2) is 60.0 Å². The molecule has 0 fully saturated rings. The molecule has 1 N–H and O–H groups in total. The lowest BCUT2D eigenvalue weighted by Crippen LogP contribution is -2.17. The number of ether oxygens (including phenoxy) is 4. The largest absolute Gasteiger partial charge is 0.481 e. The molecule has 3 heterocycles. The molecule has 0 aliphatic rings. The minimum atomic E-state index is -4.06. The Hall–Kier alpha value is -4.96. The van der Waals surface area contributed by atoms with Crippen molar-refractivity contribution in [3.8, 4) is 46.6 Å². The number of benzene rings is 1. The molecule has 0 spiro atoms. The number of aromatic nitrogens is 5. The molecule has 4 aromatic rings. The van der Waals surface area contributed by atoms with Gasteiger partial charge in [-0.3, -0.25) is 4.72 Å². The van der Waals surface area contributed by atoms with Crippen molar-refractivity contribution in [2.75, 3.05) is 32.2 Å². The second kappa shape index (κ2) is 13.6. The zero-order valence-corrected chi connectivity index (χ0v) is 24.6. The number of nitrogens with zero attached hydrogens (tertiary/aromatic N) is 5. The van der Waals surface area contributed by atoms with Crippen LogP contribution >= 0.6 is 0 Å². The van der Waals surface area contributed by atoms with E-state index in [1.165, 1.54) is 32.7 Å². The van der Waals surface area contributed by atoms with E-state index < -0.39 is 10.0 Å². The maximum atomic E-state index is 13.2.